The topological polar surface area (TPSA) is 56.1 Å². The van der Waals surface area contributed by atoms with E-state index in [-0.39, 0.29) is 5.82 Å². The number of aryl methyl sites for hydroxylation is 3. The second kappa shape index (κ2) is 7.99. The molecular formula is C20H22FN3O2. The second-order valence-corrected chi connectivity index (χ2v) is 6.25. The first kappa shape index (κ1) is 17.9. The van der Waals surface area contributed by atoms with Crippen LogP contribution < -0.4 is 10.1 Å². The SMILES string of the molecule is CNC(=O)Oc1ccc2c(c1)c(C)cn2CCCCc1ccncc1F. The molecular weight excluding hydrogens is 333 g/mol. The van der Waals surface area contributed by atoms with E-state index in [0.29, 0.717) is 17.7 Å². The van der Waals surface area contributed by atoms with E-state index in [1.165, 1.54) is 13.2 Å². The van der Waals surface area contributed by atoms with Crippen LogP contribution in [0.2, 0.25) is 0 Å². The molecule has 0 saturated heterocycles. The molecule has 3 rings (SSSR count). The van der Waals surface area contributed by atoms with Crippen molar-refractivity contribution in [3.8, 4) is 5.75 Å². The summed E-state index contributed by atoms with van der Waals surface area (Å²) < 4.78 is 21.0. The summed E-state index contributed by atoms with van der Waals surface area (Å²) in [5, 5.41) is 3.50. The molecule has 2 aromatic heterocycles. The molecule has 26 heavy (non-hydrogen) atoms. The van der Waals surface area contributed by atoms with Gasteiger partial charge >= 0.3 is 6.09 Å². The van der Waals surface area contributed by atoms with Gasteiger partial charge in [0.15, 0.2) is 0 Å². The fourth-order valence-corrected chi connectivity index (χ4v) is 3.07. The Balaban J connectivity index is 1.65. The van der Waals surface area contributed by atoms with Gasteiger partial charge in [-0.1, -0.05) is 0 Å². The van der Waals surface area contributed by atoms with Crippen LogP contribution in [0.15, 0.2) is 42.9 Å². The minimum atomic E-state index is -0.482. The molecule has 136 valence electrons. The number of ether oxygens (including phenoxy) is 1. The van der Waals surface area contributed by atoms with Crippen LogP contribution in [0.25, 0.3) is 10.9 Å². The van der Waals surface area contributed by atoms with Gasteiger partial charge in [0.1, 0.15) is 11.6 Å². The van der Waals surface area contributed by atoms with Gasteiger partial charge in [0.05, 0.1) is 6.20 Å². The van der Waals surface area contributed by atoms with Gasteiger partial charge in [-0.15, -0.1) is 0 Å². The molecule has 6 heteroatoms. The van der Waals surface area contributed by atoms with Crippen molar-refractivity contribution in [3.05, 3.63) is 59.8 Å². The quantitative estimate of drug-likeness (QED) is 0.674. The first-order valence-electron chi connectivity index (χ1n) is 8.66. The van der Waals surface area contributed by atoms with Crippen LogP contribution in [0, 0.1) is 12.7 Å². The third kappa shape index (κ3) is 4.02. The molecule has 3 aromatic rings. The van der Waals surface area contributed by atoms with Gasteiger partial charge in [-0.25, -0.2) is 9.18 Å². The van der Waals surface area contributed by atoms with E-state index < -0.39 is 6.09 Å². The molecule has 1 N–H and O–H groups in total. The Morgan fingerprint density at radius 3 is 2.92 bits per heavy atom. The number of nitrogens with zero attached hydrogens (tertiary/aromatic N) is 2. The predicted molar refractivity (Wildman–Crippen MR) is 98.9 cm³/mol. The summed E-state index contributed by atoms with van der Waals surface area (Å²) in [6.45, 7) is 2.89. The van der Waals surface area contributed by atoms with Crippen LogP contribution in [0.5, 0.6) is 5.75 Å². The number of unbranched alkanes of at least 4 members (excludes halogenated alkanes) is 1. The Bertz CT molecular complexity index is 921. The molecule has 0 atom stereocenters. The Labute approximate surface area is 151 Å². The number of halogens is 1. The highest BCUT2D eigenvalue weighted by Crippen LogP contribution is 2.26. The fraction of sp³-hybridized carbons (Fsp3) is 0.300. The Hall–Kier alpha value is -2.89. The third-order valence-corrected chi connectivity index (χ3v) is 4.42. The molecule has 0 saturated carbocycles. The molecule has 0 bridgehead atoms. The number of hydrogen-bond acceptors (Lipinski definition) is 3. The molecule has 0 aliphatic heterocycles. The molecule has 0 radical (unpaired) electrons. The lowest BCUT2D eigenvalue weighted by atomic mass is 10.1. The average molecular weight is 355 g/mol. The first-order valence-corrected chi connectivity index (χ1v) is 8.66. The van der Waals surface area contributed by atoms with Gasteiger partial charge in [0.25, 0.3) is 0 Å². The van der Waals surface area contributed by atoms with E-state index in [2.05, 4.69) is 21.1 Å². The molecule has 0 aliphatic carbocycles. The number of aromatic nitrogens is 2. The smallest absolute Gasteiger partial charge is 0.410 e. The van der Waals surface area contributed by atoms with Crippen molar-refractivity contribution in [3.63, 3.8) is 0 Å². The van der Waals surface area contributed by atoms with Crippen LogP contribution in [0.4, 0.5) is 9.18 Å². The Morgan fingerprint density at radius 2 is 2.15 bits per heavy atom. The number of hydrogen-bond donors (Lipinski definition) is 1. The van der Waals surface area contributed by atoms with Gasteiger partial charge < -0.3 is 14.6 Å². The van der Waals surface area contributed by atoms with E-state index in [1.54, 1.807) is 18.3 Å². The highest BCUT2D eigenvalue weighted by atomic mass is 19.1. The summed E-state index contributed by atoms with van der Waals surface area (Å²) in [4.78, 5) is 15.1. The minimum Gasteiger partial charge on any atom is -0.410 e. The summed E-state index contributed by atoms with van der Waals surface area (Å²) >= 11 is 0. The molecule has 5 nitrogen and oxygen atoms in total. The van der Waals surface area contributed by atoms with Crippen molar-refractivity contribution >= 4 is 17.0 Å². The summed E-state index contributed by atoms with van der Waals surface area (Å²) in [5.74, 6) is 0.282. The number of carbonyl (C=O) groups excluding carboxylic acids is 1. The van der Waals surface area contributed by atoms with Gasteiger partial charge in [-0.2, -0.15) is 0 Å². The summed E-state index contributed by atoms with van der Waals surface area (Å²) in [6, 6.07) is 7.37. The van der Waals surface area contributed by atoms with Crippen molar-refractivity contribution in [2.45, 2.75) is 32.7 Å². The number of fused-ring (bicyclic) bond motifs is 1. The summed E-state index contributed by atoms with van der Waals surface area (Å²) in [6.07, 6.45) is 7.05. The highest BCUT2D eigenvalue weighted by molar-refractivity contribution is 5.86. The van der Waals surface area contributed by atoms with Crippen molar-refractivity contribution in [2.24, 2.45) is 0 Å². The number of benzene rings is 1. The monoisotopic (exact) mass is 355 g/mol. The van der Waals surface area contributed by atoms with E-state index in [4.69, 9.17) is 4.74 Å². The summed E-state index contributed by atoms with van der Waals surface area (Å²) in [5.41, 5.74) is 2.94. The Morgan fingerprint density at radius 1 is 1.31 bits per heavy atom. The van der Waals surface area contributed by atoms with E-state index >= 15 is 0 Å². The van der Waals surface area contributed by atoms with Crippen molar-refractivity contribution < 1.29 is 13.9 Å². The van der Waals surface area contributed by atoms with Crippen LogP contribution >= 0.6 is 0 Å². The highest BCUT2D eigenvalue weighted by Gasteiger charge is 2.09. The fourth-order valence-electron chi connectivity index (χ4n) is 3.07. The standard InChI is InChI=1S/C20H22FN3O2/c1-14-13-24(10-4-3-5-15-8-9-23-12-18(15)21)19-7-6-16(11-17(14)19)26-20(25)22-2/h6-9,11-13H,3-5,10H2,1-2H3,(H,22,25). The lowest BCUT2D eigenvalue weighted by Gasteiger charge is -2.07. The molecule has 2 heterocycles. The maximum Gasteiger partial charge on any atom is 0.412 e. The molecule has 0 unspecified atom stereocenters. The maximum atomic E-state index is 13.6. The van der Waals surface area contributed by atoms with Gasteiger partial charge in [-0.3, -0.25) is 4.98 Å². The largest absolute Gasteiger partial charge is 0.412 e. The predicted octanol–water partition coefficient (Wildman–Crippen LogP) is 4.22. The maximum absolute atomic E-state index is 13.6. The van der Waals surface area contributed by atoms with Crippen LogP contribution in [0.3, 0.4) is 0 Å². The lowest BCUT2D eigenvalue weighted by molar-refractivity contribution is 0.203. The van der Waals surface area contributed by atoms with E-state index in [0.717, 1.165) is 35.9 Å². The number of carbonyl (C=O) groups is 1. The second-order valence-electron chi connectivity index (χ2n) is 6.25. The lowest BCUT2D eigenvalue weighted by Crippen LogP contribution is -2.21. The zero-order valence-corrected chi connectivity index (χ0v) is 15.0. The Kier molecular flexibility index (Phi) is 5.51. The third-order valence-electron chi connectivity index (χ3n) is 4.42. The molecule has 1 aromatic carbocycles. The van der Waals surface area contributed by atoms with Crippen LogP contribution in [-0.4, -0.2) is 22.7 Å². The molecule has 0 fully saturated rings. The first-order chi connectivity index (χ1) is 12.6. The van der Waals surface area contributed by atoms with Gasteiger partial charge in [0, 0.05) is 36.9 Å². The van der Waals surface area contributed by atoms with Crippen molar-refractivity contribution in [2.75, 3.05) is 7.05 Å². The average Bonchev–Trinajstić information content (AvgIpc) is 2.95. The van der Waals surface area contributed by atoms with Gasteiger partial charge in [-0.05, 0) is 61.6 Å². The molecule has 1 amide bonds. The molecule has 0 spiro atoms. The van der Waals surface area contributed by atoms with Crippen LogP contribution in [-0.2, 0) is 13.0 Å². The van der Waals surface area contributed by atoms with E-state index in [1.807, 2.05) is 19.1 Å². The number of pyridine rings is 1. The van der Waals surface area contributed by atoms with Crippen LogP contribution in [0.1, 0.15) is 24.0 Å². The normalized spacial score (nSPS) is 10.9. The molecule has 0 aliphatic rings. The van der Waals surface area contributed by atoms with E-state index in [9.17, 15) is 9.18 Å². The number of amides is 1. The minimum absolute atomic E-state index is 0.238. The number of rotatable bonds is 6. The van der Waals surface area contributed by atoms with Crippen molar-refractivity contribution in [1.29, 1.82) is 0 Å². The van der Waals surface area contributed by atoms with Crippen molar-refractivity contribution in [1.82, 2.24) is 14.9 Å². The zero-order chi connectivity index (χ0) is 18.5. The zero-order valence-electron chi connectivity index (χ0n) is 15.0. The van der Waals surface area contributed by atoms with Gasteiger partial charge in [0.2, 0.25) is 0 Å². The summed E-state index contributed by atoms with van der Waals surface area (Å²) in [7, 11) is 1.53. The number of nitrogens with one attached hydrogen (secondary N) is 1.